The first-order valence-corrected chi connectivity index (χ1v) is 13.1. The molecule has 0 radical (unpaired) electrons. The first kappa shape index (κ1) is 25.1. The Labute approximate surface area is 172 Å². The smallest absolute Gasteiger partial charge is 0.459 e. The monoisotopic (exact) mass is 416 g/mol. The lowest BCUT2D eigenvalue weighted by Crippen LogP contribution is -2.67. The number of nitrogens with zero attached hydrogens (tertiary/aromatic N) is 1. The molecule has 1 fully saturated rings. The predicted molar refractivity (Wildman–Crippen MR) is 114 cm³/mol. The molecule has 0 aliphatic carbocycles. The van der Waals surface area contributed by atoms with Crippen LogP contribution in [0.25, 0.3) is 0 Å². The molecule has 1 amide bonds. The van der Waals surface area contributed by atoms with Gasteiger partial charge in [0.25, 0.3) is 0 Å². The highest BCUT2D eigenvalue weighted by molar-refractivity contribution is 6.74. The molecule has 1 rings (SSSR count). The van der Waals surface area contributed by atoms with Gasteiger partial charge < -0.3 is 14.3 Å². The van der Waals surface area contributed by atoms with E-state index in [9.17, 15) is 14.7 Å². The van der Waals surface area contributed by atoms with Gasteiger partial charge in [-0.05, 0) is 59.7 Å². The van der Waals surface area contributed by atoms with E-state index in [2.05, 4.69) is 33.9 Å². The minimum Gasteiger partial charge on any atom is -0.459 e. The Morgan fingerprint density at radius 1 is 1.04 bits per heavy atom. The Bertz CT molecular complexity index is 597. The number of quaternary nitrogens is 1. The number of hydrogen-bond acceptors (Lipinski definition) is 4. The number of likely N-dealkylation sites (tertiary alicyclic amines) is 1. The molecule has 7 heteroatoms. The fourth-order valence-electron chi connectivity index (χ4n) is 3.63. The zero-order valence-electron chi connectivity index (χ0n) is 19.8. The number of amides is 1. The lowest BCUT2D eigenvalue weighted by molar-refractivity contribution is -0.915. The van der Waals surface area contributed by atoms with Crippen molar-refractivity contribution < 1.29 is 28.3 Å². The summed E-state index contributed by atoms with van der Waals surface area (Å²) in [5.74, 6) is -0.307. The molecular formula is C21H42NO5Si+. The van der Waals surface area contributed by atoms with E-state index in [1.54, 1.807) is 20.8 Å². The van der Waals surface area contributed by atoms with Crippen LogP contribution in [0.1, 0.15) is 68.7 Å². The first-order chi connectivity index (χ1) is 12.3. The van der Waals surface area contributed by atoms with Crippen molar-refractivity contribution in [2.45, 2.75) is 105 Å². The van der Waals surface area contributed by atoms with Gasteiger partial charge in [-0.15, -0.1) is 0 Å². The van der Waals surface area contributed by atoms with Crippen LogP contribution in [0.2, 0.25) is 18.1 Å². The standard InChI is InChI=1S/C21H41NO5Si/c1-19(2,3)17(23)26-14-15-12-16(27-28(10,11)21(7,8)9)13-22(15,18(24)25)20(4,5)6/h15-16H,12-14H2,1-11H3/p+1/t15-,16+,22?/m1/s1. The second kappa shape index (κ2) is 7.72. The number of hydrogen-bond donors (Lipinski definition) is 1. The quantitative estimate of drug-likeness (QED) is 0.395. The maximum atomic E-state index is 12.5. The minimum absolute atomic E-state index is 0.0460. The third-order valence-corrected chi connectivity index (χ3v) is 11.0. The van der Waals surface area contributed by atoms with Gasteiger partial charge in [0, 0.05) is 6.42 Å². The van der Waals surface area contributed by atoms with Crippen LogP contribution in [0.4, 0.5) is 4.79 Å². The van der Waals surface area contributed by atoms with Gasteiger partial charge in [0.05, 0.1) is 5.41 Å². The largest absolute Gasteiger partial charge is 0.514 e. The summed E-state index contributed by atoms with van der Waals surface area (Å²) < 4.78 is 12.0. The summed E-state index contributed by atoms with van der Waals surface area (Å²) in [6.07, 6.45) is -0.465. The van der Waals surface area contributed by atoms with Gasteiger partial charge in [0.2, 0.25) is 0 Å². The van der Waals surface area contributed by atoms with Crippen molar-refractivity contribution in [3.05, 3.63) is 0 Å². The summed E-state index contributed by atoms with van der Waals surface area (Å²) >= 11 is 0. The van der Waals surface area contributed by atoms with Crippen LogP contribution in [0.5, 0.6) is 0 Å². The van der Waals surface area contributed by atoms with Crippen LogP contribution < -0.4 is 0 Å². The molecule has 1 aliphatic rings. The zero-order chi connectivity index (χ0) is 22.3. The van der Waals surface area contributed by atoms with Crippen molar-refractivity contribution in [2.75, 3.05) is 13.2 Å². The van der Waals surface area contributed by atoms with E-state index in [-0.39, 0.29) is 34.2 Å². The Morgan fingerprint density at radius 3 is 1.89 bits per heavy atom. The van der Waals surface area contributed by atoms with E-state index < -0.39 is 25.4 Å². The second-order valence-electron chi connectivity index (χ2n) is 11.7. The van der Waals surface area contributed by atoms with E-state index in [1.807, 2.05) is 20.8 Å². The third kappa shape index (κ3) is 4.97. The van der Waals surface area contributed by atoms with Crippen LogP contribution in [0.15, 0.2) is 0 Å². The maximum Gasteiger partial charge on any atom is 0.514 e. The van der Waals surface area contributed by atoms with Gasteiger partial charge in [0.1, 0.15) is 30.8 Å². The molecule has 0 spiro atoms. The normalized spacial score (nSPS) is 27.0. The SMILES string of the molecule is CC(C)(C)C(=O)OC[C@H]1C[C@H](O[Si](C)(C)C(C)(C)C)C[N+]1(C(=O)O)C(C)(C)C. The summed E-state index contributed by atoms with van der Waals surface area (Å²) in [5.41, 5.74) is -1.16. The van der Waals surface area contributed by atoms with Gasteiger partial charge in [0.15, 0.2) is 8.32 Å². The number of carbonyl (C=O) groups excluding carboxylic acids is 1. The summed E-state index contributed by atoms with van der Waals surface area (Å²) in [7, 11) is -2.04. The first-order valence-electron chi connectivity index (χ1n) is 10.2. The Balaban J connectivity index is 3.19. The summed E-state index contributed by atoms with van der Waals surface area (Å²) in [6, 6.07) is -0.335. The summed E-state index contributed by atoms with van der Waals surface area (Å²) in [4.78, 5) is 24.8. The topological polar surface area (TPSA) is 72.8 Å². The molecule has 164 valence electrons. The zero-order valence-corrected chi connectivity index (χ0v) is 20.8. The molecule has 0 bridgehead atoms. The number of ether oxygens (including phenoxy) is 1. The Kier molecular flexibility index (Phi) is 6.93. The average molecular weight is 417 g/mol. The van der Waals surface area contributed by atoms with E-state index >= 15 is 0 Å². The highest BCUT2D eigenvalue weighted by atomic mass is 28.4. The van der Waals surface area contributed by atoms with E-state index in [0.717, 1.165) is 0 Å². The molecule has 0 aromatic rings. The highest BCUT2D eigenvalue weighted by Crippen LogP contribution is 2.43. The fraction of sp³-hybridized carbons (Fsp3) is 0.905. The number of carboxylic acid groups (broad SMARTS) is 1. The van der Waals surface area contributed by atoms with Crippen molar-refractivity contribution in [3.8, 4) is 0 Å². The molecule has 1 heterocycles. The second-order valence-corrected chi connectivity index (χ2v) is 16.5. The number of carbonyl (C=O) groups is 2. The van der Waals surface area contributed by atoms with Crippen LogP contribution >= 0.6 is 0 Å². The molecule has 1 aliphatic heterocycles. The van der Waals surface area contributed by atoms with E-state index in [4.69, 9.17) is 9.16 Å². The molecule has 0 aromatic carbocycles. The molecule has 28 heavy (non-hydrogen) atoms. The highest BCUT2D eigenvalue weighted by Gasteiger charge is 2.61. The minimum atomic E-state index is -2.04. The Morgan fingerprint density at radius 2 is 1.54 bits per heavy atom. The molecule has 3 atom stereocenters. The molecule has 0 aromatic heterocycles. The molecule has 1 N–H and O–H groups in total. The maximum absolute atomic E-state index is 12.5. The fourth-order valence-corrected chi connectivity index (χ4v) is 4.99. The van der Waals surface area contributed by atoms with Gasteiger partial charge in [-0.25, -0.2) is 4.48 Å². The van der Waals surface area contributed by atoms with Gasteiger partial charge in [-0.1, -0.05) is 20.8 Å². The molecule has 1 saturated heterocycles. The van der Waals surface area contributed by atoms with Crippen molar-refractivity contribution in [1.29, 1.82) is 0 Å². The average Bonchev–Trinajstić information content (AvgIpc) is 2.81. The molecule has 1 unspecified atom stereocenters. The number of esters is 1. The Hall–Kier alpha value is -0.923. The molecule has 0 saturated carbocycles. The van der Waals surface area contributed by atoms with E-state index in [0.29, 0.717) is 13.0 Å². The van der Waals surface area contributed by atoms with Gasteiger partial charge in [-0.2, -0.15) is 4.79 Å². The summed E-state index contributed by atoms with van der Waals surface area (Å²) in [5, 5.41) is 10.3. The van der Waals surface area contributed by atoms with Crippen LogP contribution in [-0.4, -0.2) is 60.8 Å². The van der Waals surface area contributed by atoms with Crippen molar-refractivity contribution >= 4 is 20.4 Å². The van der Waals surface area contributed by atoms with Crippen molar-refractivity contribution in [3.63, 3.8) is 0 Å². The summed E-state index contributed by atoms with van der Waals surface area (Å²) in [6.45, 7) is 22.6. The van der Waals surface area contributed by atoms with Crippen LogP contribution in [-0.2, 0) is 14.0 Å². The van der Waals surface area contributed by atoms with Crippen LogP contribution in [0, 0.1) is 5.41 Å². The van der Waals surface area contributed by atoms with Crippen molar-refractivity contribution in [1.82, 2.24) is 0 Å². The van der Waals surface area contributed by atoms with Crippen molar-refractivity contribution in [2.24, 2.45) is 5.41 Å². The molecule has 6 nitrogen and oxygen atoms in total. The molecular weight excluding hydrogens is 374 g/mol. The van der Waals surface area contributed by atoms with Gasteiger partial charge in [-0.3, -0.25) is 4.79 Å². The third-order valence-electron chi connectivity index (χ3n) is 6.47. The number of rotatable bonds is 4. The predicted octanol–water partition coefficient (Wildman–Crippen LogP) is 5.03. The van der Waals surface area contributed by atoms with E-state index in [1.165, 1.54) is 0 Å². The van der Waals surface area contributed by atoms with Gasteiger partial charge >= 0.3 is 12.1 Å². The lowest BCUT2D eigenvalue weighted by atomic mass is 9.97. The lowest BCUT2D eigenvalue weighted by Gasteiger charge is -2.44. The van der Waals surface area contributed by atoms with Crippen LogP contribution in [0.3, 0.4) is 0 Å².